The van der Waals surface area contributed by atoms with Gasteiger partial charge in [-0.2, -0.15) is 0 Å². The van der Waals surface area contributed by atoms with Crippen LogP contribution in [0.25, 0.3) is 0 Å². The van der Waals surface area contributed by atoms with Crippen LogP contribution in [0.2, 0.25) is 0 Å². The molecule has 1 saturated heterocycles. The molecule has 21 heavy (non-hydrogen) atoms. The molecule has 2 heterocycles. The van der Waals surface area contributed by atoms with Gasteiger partial charge in [-0.1, -0.05) is 13.8 Å². The van der Waals surface area contributed by atoms with Crippen LogP contribution in [0.3, 0.4) is 0 Å². The predicted octanol–water partition coefficient (Wildman–Crippen LogP) is 2.60. The van der Waals surface area contributed by atoms with Crippen molar-refractivity contribution in [3.8, 4) is 0 Å². The Morgan fingerprint density at radius 3 is 2.52 bits per heavy atom. The van der Waals surface area contributed by atoms with E-state index < -0.39 is 9.05 Å². The predicted molar refractivity (Wildman–Crippen MR) is 82.0 cm³/mol. The average Bonchev–Trinajstić information content (AvgIpc) is 2.65. The Bertz CT molecular complexity index is 649. The summed E-state index contributed by atoms with van der Waals surface area (Å²) in [6.45, 7) is 5.82. The highest BCUT2D eigenvalue weighted by atomic mass is 35.7. The van der Waals surface area contributed by atoms with E-state index in [-0.39, 0.29) is 16.2 Å². The molecule has 1 fully saturated rings. The van der Waals surface area contributed by atoms with E-state index in [9.17, 15) is 13.2 Å². The monoisotopic (exact) mass is 332 g/mol. The van der Waals surface area contributed by atoms with Crippen molar-refractivity contribution in [1.29, 1.82) is 0 Å². The lowest BCUT2D eigenvalue weighted by atomic mass is 9.85. The van der Waals surface area contributed by atoms with Crippen molar-refractivity contribution in [3.63, 3.8) is 0 Å². The molecule has 7 heteroatoms. The van der Waals surface area contributed by atoms with E-state index in [4.69, 9.17) is 10.7 Å². The molecule has 0 aliphatic carbocycles. The van der Waals surface area contributed by atoms with E-state index in [2.05, 4.69) is 13.8 Å². The Hall–Kier alpha value is -1.01. The van der Waals surface area contributed by atoms with Crippen molar-refractivity contribution in [3.05, 3.63) is 18.0 Å². The molecule has 0 bridgehead atoms. The summed E-state index contributed by atoms with van der Waals surface area (Å²) in [6.07, 6.45) is 4.37. The number of aryl methyl sites for hydroxylation is 1. The maximum atomic E-state index is 12.6. The molecule has 1 amide bonds. The van der Waals surface area contributed by atoms with Gasteiger partial charge in [0.25, 0.3) is 15.0 Å². The van der Waals surface area contributed by atoms with E-state index in [0.29, 0.717) is 18.8 Å². The second kappa shape index (κ2) is 5.65. The van der Waals surface area contributed by atoms with Crippen molar-refractivity contribution in [1.82, 2.24) is 9.47 Å². The first kappa shape index (κ1) is 16.4. The topological polar surface area (TPSA) is 59.4 Å². The Morgan fingerprint density at radius 1 is 1.29 bits per heavy atom. The molecule has 0 atom stereocenters. The van der Waals surface area contributed by atoms with Crippen LogP contribution in [-0.4, -0.2) is 36.9 Å². The fourth-order valence-electron chi connectivity index (χ4n) is 2.67. The van der Waals surface area contributed by atoms with Gasteiger partial charge in [-0.15, -0.1) is 0 Å². The van der Waals surface area contributed by atoms with Gasteiger partial charge in [0.15, 0.2) is 0 Å². The maximum absolute atomic E-state index is 12.6. The van der Waals surface area contributed by atoms with Gasteiger partial charge < -0.3 is 9.47 Å². The number of nitrogens with zero attached hydrogens (tertiary/aromatic N) is 2. The minimum Gasteiger partial charge on any atom is -0.345 e. The van der Waals surface area contributed by atoms with Crippen molar-refractivity contribution in [2.45, 2.75) is 38.0 Å². The Kier molecular flexibility index (Phi) is 4.40. The van der Waals surface area contributed by atoms with Gasteiger partial charge in [0.2, 0.25) is 0 Å². The molecule has 2 rings (SSSR count). The molecule has 0 spiro atoms. The molecule has 0 saturated carbocycles. The number of amides is 1. The maximum Gasteiger partial charge on any atom is 0.270 e. The van der Waals surface area contributed by atoms with Crippen LogP contribution in [0.5, 0.6) is 0 Å². The standard InChI is InChI=1S/C14H21ClN2O3S/c1-14(2)5-4-7-17(8-6-14)13(18)12-9-11(10-16(12)3)21(15,19)20/h9-10H,4-8H2,1-3H3. The zero-order valence-electron chi connectivity index (χ0n) is 12.6. The summed E-state index contributed by atoms with van der Waals surface area (Å²) in [5.41, 5.74) is 0.599. The number of aromatic nitrogens is 1. The Labute approximate surface area is 130 Å². The first-order chi connectivity index (χ1) is 9.60. The molecule has 0 radical (unpaired) electrons. The molecule has 5 nitrogen and oxygen atoms in total. The van der Waals surface area contributed by atoms with Crippen LogP contribution < -0.4 is 0 Å². The van der Waals surface area contributed by atoms with E-state index >= 15 is 0 Å². The van der Waals surface area contributed by atoms with E-state index in [1.165, 1.54) is 16.8 Å². The minimum atomic E-state index is -3.81. The van der Waals surface area contributed by atoms with Gasteiger partial charge in [-0.05, 0) is 30.7 Å². The Morgan fingerprint density at radius 2 is 1.95 bits per heavy atom. The summed E-state index contributed by atoms with van der Waals surface area (Å²) in [7, 11) is 3.17. The third-order valence-corrected chi connectivity index (χ3v) is 5.43. The van der Waals surface area contributed by atoms with Crippen molar-refractivity contribution in [2.24, 2.45) is 12.5 Å². The molecule has 0 aromatic carbocycles. The zero-order chi connectivity index (χ0) is 15.8. The molecule has 1 aliphatic rings. The molecule has 118 valence electrons. The summed E-state index contributed by atoms with van der Waals surface area (Å²) < 4.78 is 24.3. The first-order valence-corrected chi connectivity index (χ1v) is 9.31. The van der Waals surface area contributed by atoms with E-state index in [1.807, 2.05) is 0 Å². The van der Waals surface area contributed by atoms with Gasteiger partial charge in [0.05, 0.1) is 0 Å². The fourth-order valence-corrected chi connectivity index (χ4v) is 3.46. The molecule has 1 aliphatic heterocycles. The van der Waals surface area contributed by atoms with Crippen LogP contribution in [0.4, 0.5) is 0 Å². The highest BCUT2D eigenvalue weighted by Crippen LogP contribution is 2.30. The van der Waals surface area contributed by atoms with Crippen LogP contribution in [0.1, 0.15) is 43.6 Å². The number of carbonyl (C=O) groups is 1. The van der Waals surface area contributed by atoms with Gasteiger partial charge in [-0.3, -0.25) is 4.79 Å². The molecular formula is C14H21ClN2O3S. The van der Waals surface area contributed by atoms with Crippen LogP contribution in [0.15, 0.2) is 17.2 Å². The Balaban J connectivity index is 2.22. The van der Waals surface area contributed by atoms with Crippen LogP contribution in [-0.2, 0) is 16.1 Å². The summed E-state index contributed by atoms with van der Waals surface area (Å²) in [5, 5.41) is 0. The lowest BCUT2D eigenvalue weighted by molar-refractivity contribution is 0.0748. The normalized spacial score (nSPS) is 19.3. The lowest BCUT2D eigenvalue weighted by Gasteiger charge is -2.23. The second-order valence-electron chi connectivity index (χ2n) is 6.42. The lowest BCUT2D eigenvalue weighted by Crippen LogP contribution is -2.33. The van der Waals surface area contributed by atoms with Gasteiger partial charge >= 0.3 is 0 Å². The van der Waals surface area contributed by atoms with Gasteiger partial charge in [0, 0.05) is 37.0 Å². The molecule has 1 aromatic rings. The fraction of sp³-hybridized carbons (Fsp3) is 0.643. The first-order valence-electron chi connectivity index (χ1n) is 7.00. The second-order valence-corrected chi connectivity index (χ2v) is 8.99. The number of hydrogen-bond acceptors (Lipinski definition) is 3. The molecule has 0 N–H and O–H groups in total. The SMILES string of the molecule is Cn1cc(S(=O)(=O)Cl)cc1C(=O)N1CCCC(C)(C)CC1. The summed E-state index contributed by atoms with van der Waals surface area (Å²) in [4.78, 5) is 14.4. The number of likely N-dealkylation sites (tertiary alicyclic amines) is 1. The molecule has 0 unspecified atom stereocenters. The smallest absolute Gasteiger partial charge is 0.270 e. The number of halogens is 1. The van der Waals surface area contributed by atoms with E-state index in [0.717, 1.165) is 19.3 Å². The largest absolute Gasteiger partial charge is 0.345 e. The summed E-state index contributed by atoms with van der Waals surface area (Å²) in [6, 6.07) is 1.35. The number of carbonyl (C=O) groups excluding carboxylic acids is 1. The quantitative estimate of drug-likeness (QED) is 0.782. The highest BCUT2D eigenvalue weighted by molar-refractivity contribution is 8.13. The number of rotatable bonds is 2. The van der Waals surface area contributed by atoms with Crippen LogP contribution in [0, 0.1) is 5.41 Å². The summed E-state index contributed by atoms with van der Waals surface area (Å²) in [5.74, 6) is -0.137. The number of hydrogen-bond donors (Lipinski definition) is 0. The highest BCUT2D eigenvalue weighted by Gasteiger charge is 2.28. The van der Waals surface area contributed by atoms with E-state index in [1.54, 1.807) is 11.9 Å². The molecule has 1 aromatic heterocycles. The van der Waals surface area contributed by atoms with Crippen LogP contribution >= 0.6 is 10.7 Å². The minimum absolute atomic E-state index is 0.0369. The zero-order valence-corrected chi connectivity index (χ0v) is 14.2. The third-order valence-electron chi connectivity index (χ3n) is 4.11. The van der Waals surface area contributed by atoms with Gasteiger partial charge in [-0.25, -0.2) is 8.42 Å². The van der Waals surface area contributed by atoms with Crippen molar-refractivity contribution >= 4 is 25.6 Å². The molecular weight excluding hydrogens is 312 g/mol. The van der Waals surface area contributed by atoms with Crippen molar-refractivity contribution in [2.75, 3.05) is 13.1 Å². The average molecular weight is 333 g/mol. The van der Waals surface area contributed by atoms with Crippen molar-refractivity contribution < 1.29 is 13.2 Å². The van der Waals surface area contributed by atoms with Gasteiger partial charge in [0.1, 0.15) is 10.6 Å². The summed E-state index contributed by atoms with van der Waals surface area (Å²) >= 11 is 0. The third kappa shape index (κ3) is 3.80.